The van der Waals surface area contributed by atoms with Crippen LogP contribution in [0.25, 0.3) is 0 Å². The van der Waals surface area contributed by atoms with E-state index >= 15 is 0 Å². The van der Waals surface area contributed by atoms with E-state index in [9.17, 15) is 24.2 Å². The Morgan fingerprint density at radius 1 is 1.15 bits per heavy atom. The van der Waals surface area contributed by atoms with Crippen LogP contribution in [0, 0.1) is 11.5 Å². The molecule has 1 aliphatic rings. The monoisotopic (exact) mass is 499 g/mol. The van der Waals surface area contributed by atoms with Crippen LogP contribution in [0.5, 0.6) is 0 Å². The van der Waals surface area contributed by atoms with Crippen LogP contribution in [0.3, 0.4) is 0 Å². The Balaban J connectivity index is 1.94. The number of carbonyl (C=O) groups excluding carboxylic acids is 3. The number of hydrogen-bond donors (Lipinski definition) is 0. The summed E-state index contributed by atoms with van der Waals surface area (Å²) in [4.78, 5) is 39.8. The summed E-state index contributed by atoms with van der Waals surface area (Å²) in [7, 11) is 3.64. The van der Waals surface area contributed by atoms with E-state index in [4.69, 9.17) is 15.4 Å². The highest BCUT2D eigenvalue weighted by Gasteiger charge is 2.62. The first-order valence-corrected chi connectivity index (χ1v) is 12.3. The fourth-order valence-corrected chi connectivity index (χ4v) is 5.21. The molecule has 0 spiro atoms. The van der Waals surface area contributed by atoms with Crippen LogP contribution in [-0.2, 0) is 29.5 Å². The molecule has 3 rings (SSSR count). The van der Waals surface area contributed by atoms with Gasteiger partial charge in [0.25, 0.3) is 5.91 Å². The Morgan fingerprint density at radius 3 is 2.03 bits per heavy atom. The van der Waals surface area contributed by atoms with Gasteiger partial charge < -0.3 is 9.29 Å². The van der Waals surface area contributed by atoms with Gasteiger partial charge in [-0.1, -0.05) is 67.2 Å². The molecule has 0 aliphatic carbocycles. The maximum Gasteiger partial charge on any atom is 0.334 e. The molecule has 1 fully saturated rings. The minimum absolute atomic E-state index is 0.245. The number of likely N-dealkylation sites (tertiary alicyclic amines) is 1. The molecule has 2 aromatic rings. The van der Waals surface area contributed by atoms with Crippen molar-refractivity contribution in [2.24, 2.45) is 0 Å². The van der Waals surface area contributed by atoms with Crippen LogP contribution in [-0.4, -0.2) is 49.6 Å². The Hall–Kier alpha value is -3.32. The lowest BCUT2D eigenvalue weighted by Gasteiger charge is -2.48. The number of hydrogen-bond acceptors (Lipinski definition) is 6. The van der Waals surface area contributed by atoms with Crippen molar-refractivity contribution < 1.29 is 23.7 Å². The summed E-state index contributed by atoms with van der Waals surface area (Å²) in [5.41, 5.74) is 1.66. The molecule has 4 atom stereocenters. The Morgan fingerprint density at radius 2 is 1.65 bits per heavy atom. The highest BCUT2D eigenvalue weighted by Crippen LogP contribution is 2.36. The molecule has 4 unspecified atom stereocenters. The average molecular weight is 500 g/mol. The zero-order valence-electron chi connectivity index (χ0n) is 18.5. The van der Waals surface area contributed by atoms with Crippen LogP contribution in [0.15, 0.2) is 72.8 Å². The number of β-lactam (4-membered cyclic amide) rings is 1. The number of rotatable bonds is 8. The molecule has 34 heavy (non-hydrogen) atoms. The predicted molar refractivity (Wildman–Crippen MR) is 126 cm³/mol. The zero-order chi connectivity index (χ0) is 25.0. The van der Waals surface area contributed by atoms with Crippen LogP contribution in [0.2, 0.25) is 0 Å². The van der Waals surface area contributed by atoms with Gasteiger partial charge in [0.2, 0.25) is 11.3 Å². The minimum Gasteiger partial charge on any atom is -0.597 e. The molecule has 2 amide bonds. The van der Waals surface area contributed by atoms with E-state index in [-0.39, 0.29) is 5.57 Å². The number of ether oxygens (including phenoxy) is 1. The van der Waals surface area contributed by atoms with Gasteiger partial charge in [0.1, 0.15) is 0 Å². The van der Waals surface area contributed by atoms with Crippen molar-refractivity contribution in [3.63, 3.8) is 0 Å². The van der Waals surface area contributed by atoms with Crippen LogP contribution in [0.1, 0.15) is 31.1 Å². The lowest BCUT2D eigenvalue weighted by molar-refractivity contribution is -0.169. The smallest absolute Gasteiger partial charge is 0.334 e. The molecule has 0 saturated carbocycles. The normalized spacial score (nSPS) is 18.9. The topological polar surface area (TPSA) is 114 Å². The van der Waals surface area contributed by atoms with E-state index in [0.717, 1.165) is 11.8 Å². The van der Waals surface area contributed by atoms with E-state index in [2.05, 4.69) is 6.58 Å². The lowest BCUT2D eigenvalue weighted by Crippen LogP contribution is -2.75. The van der Waals surface area contributed by atoms with Crippen molar-refractivity contribution in [2.75, 3.05) is 0 Å². The van der Waals surface area contributed by atoms with Crippen LogP contribution < -0.4 is 0 Å². The van der Waals surface area contributed by atoms with Crippen molar-refractivity contribution in [1.82, 2.24) is 9.80 Å². The molecule has 1 aliphatic heterocycles. The number of benzene rings is 2. The van der Waals surface area contributed by atoms with E-state index in [1.54, 1.807) is 30.5 Å². The fourth-order valence-electron chi connectivity index (χ4n) is 3.82. The summed E-state index contributed by atoms with van der Waals surface area (Å²) < 4.78 is 18.2. The third-order valence-electron chi connectivity index (χ3n) is 5.37. The largest absolute Gasteiger partial charge is 0.597 e. The molecule has 0 bridgehead atoms. The Labute approximate surface area is 205 Å². The third kappa shape index (κ3) is 4.94. The average Bonchev–Trinajstić information content (AvgIpc) is 2.81. The van der Waals surface area contributed by atoms with Gasteiger partial charge in [-0.3, -0.25) is 14.5 Å². The molecular weight excluding hydrogens is 478 g/mol. The molecule has 0 aromatic heterocycles. The quantitative estimate of drug-likeness (QED) is 0.138. The summed E-state index contributed by atoms with van der Waals surface area (Å²) in [5, 5.41) is 8.00. The van der Waals surface area contributed by atoms with Crippen molar-refractivity contribution >= 4 is 38.9 Å². The first-order chi connectivity index (χ1) is 16.2. The third-order valence-corrected chi connectivity index (χ3v) is 6.79. The second kappa shape index (κ2) is 10.7. The van der Waals surface area contributed by atoms with Crippen LogP contribution in [0.4, 0.5) is 0 Å². The Bertz CT molecular complexity index is 1080. The maximum atomic E-state index is 13.4. The highest BCUT2D eigenvalue weighted by molar-refractivity contribution is 8.14. The molecule has 10 heteroatoms. The van der Waals surface area contributed by atoms with Gasteiger partial charge in [-0.2, -0.15) is 5.26 Å². The molecule has 8 nitrogen and oxygen atoms in total. The van der Waals surface area contributed by atoms with E-state index < -0.39 is 51.7 Å². The van der Waals surface area contributed by atoms with Gasteiger partial charge in [0.15, 0.2) is 35.1 Å². The first kappa shape index (κ1) is 25.3. The highest BCUT2D eigenvalue weighted by atomic mass is 35.7. The van der Waals surface area contributed by atoms with E-state index in [1.807, 2.05) is 36.4 Å². The fraction of sp³-hybridized carbons (Fsp3) is 0.250. The number of nitriles is 1. The lowest BCUT2D eigenvalue weighted by atomic mass is 9.97. The number of amides is 2. The molecule has 0 N–H and O–H groups in total. The van der Waals surface area contributed by atoms with Crippen LogP contribution >= 0.6 is 10.7 Å². The van der Waals surface area contributed by atoms with Gasteiger partial charge in [-0.15, -0.1) is 0 Å². The molecule has 0 radical (unpaired) electrons. The first-order valence-electron chi connectivity index (χ1n) is 10.2. The van der Waals surface area contributed by atoms with Gasteiger partial charge in [-0.05, 0) is 23.6 Å². The summed E-state index contributed by atoms with van der Waals surface area (Å²) in [6.07, 6.45) is 0.836. The van der Waals surface area contributed by atoms with Gasteiger partial charge in [-0.25, -0.2) is 9.69 Å². The van der Waals surface area contributed by atoms with E-state index in [1.165, 1.54) is 6.92 Å². The minimum atomic E-state index is -2.20. The second-order valence-corrected chi connectivity index (χ2v) is 9.60. The van der Waals surface area contributed by atoms with Crippen molar-refractivity contribution in [3.8, 4) is 6.19 Å². The van der Waals surface area contributed by atoms with Gasteiger partial charge in [0.05, 0.1) is 10.4 Å². The van der Waals surface area contributed by atoms with E-state index in [0.29, 0.717) is 16.0 Å². The van der Waals surface area contributed by atoms with Gasteiger partial charge in [0, 0.05) is 6.92 Å². The molecular formula is C24H22ClN3O5S. The zero-order valence-corrected chi connectivity index (χ0v) is 20.0. The number of esters is 1. The molecule has 2 aromatic carbocycles. The molecule has 176 valence electrons. The summed E-state index contributed by atoms with van der Waals surface area (Å²) in [6, 6.07) is 15.4. The van der Waals surface area contributed by atoms with Crippen molar-refractivity contribution in [3.05, 3.63) is 83.9 Å². The predicted octanol–water partition coefficient (Wildman–Crippen LogP) is 3.03. The SMILES string of the molecule is C=C(C)C(C(=O)OC(c1ccccc1)c1ccccc1)N1C(=O)C(N(C#N)C(C)=O)C1[S+]([O-])Cl. The number of carbonyl (C=O) groups is 3. The Kier molecular flexibility index (Phi) is 7.99. The summed E-state index contributed by atoms with van der Waals surface area (Å²) in [6.45, 7) is 6.42. The summed E-state index contributed by atoms with van der Waals surface area (Å²) in [5.74, 6) is -2.28. The second-order valence-electron chi connectivity index (χ2n) is 7.71. The number of halogens is 1. The summed E-state index contributed by atoms with van der Waals surface area (Å²) >= 11 is 0. The molecule has 1 saturated heterocycles. The van der Waals surface area contributed by atoms with Gasteiger partial charge >= 0.3 is 5.97 Å². The van der Waals surface area contributed by atoms with Crippen molar-refractivity contribution in [2.45, 2.75) is 37.4 Å². The standard InChI is InChI=1S/C24H22ClN3O5S/c1-15(2)19(28-22(30)20(23(28)34(25)32)27(14-26)16(3)29)24(31)33-21(17-10-6-4-7-11-17)18-12-8-5-9-13-18/h4-13,19-21,23H,1H2,2-3H3. The maximum absolute atomic E-state index is 13.4. The molecule has 1 heterocycles. The van der Waals surface area contributed by atoms with Crippen molar-refractivity contribution in [1.29, 1.82) is 5.26 Å². The number of nitrogens with zero attached hydrogens (tertiary/aromatic N) is 3.